The maximum Gasteiger partial charge on any atom is 0.266 e. The van der Waals surface area contributed by atoms with Gasteiger partial charge in [0.1, 0.15) is 17.5 Å². The molecule has 4 nitrogen and oxygen atoms in total. The minimum absolute atomic E-state index is 0.151. The molecule has 0 fully saturated rings. The summed E-state index contributed by atoms with van der Waals surface area (Å²) in [5.41, 5.74) is 4.11. The number of nitriles is 1. The molecule has 0 unspecified atom stereocenters. The first-order chi connectivity index (χ1) is 14.2. The smallest absolute Gasteiger partial charge is 0.266 e. The average Bonchev–Trinajstić information content (AvgIpc) is 2.68. The highest BCUT2D eigenvalue weighted by Crippen LogP contribution is 2.40. The van der Waals surface area contributed by atoms with Gasteiger partial charge >= 0.3 is 0 Å². The molecule has 0 atom stereocenters. The van der Waals surface area contributed by atoms with E-state index in [2.05, 4.69) is 30.1 Å². The third-order valence-electron chi connectivity index (χ3n) is 5.47. The number of halogens is 1. The Labute approximate surface area is 177 Å². The monoisotopic (exact) mass is 403 g/mol. The van der Waals surface area contributed by atoms with E-state index in [0.717, 1.165) is 28.9 Å². The summed E-state index contributed by atoms with van der Waals surface area (Å²) in [6.07, 6.45) is 3.47. The van der Waals surface area contributed by atoms with Gasteiger partial charge in [-0.15, -0.1) is 0 Å². The first kappa shape index (κ1) is 21.3. The minimum Gasteiger partial charge on any atom is -0.363 e. The van der Waals surface area contributed by atoms with Crippen LogP contribution in [0, 0.1) is 24.1 Å². The number of hydrogen-bond acceptors (Lipinski definition) is 3. The van der Waals surface area contributed by atoms with Crippen molar-refractivity contribution in [2.45, 2.75) is 40.2 Å². The number of carbonyl (C=O) groups is 1. The van der Waals surface area contributed by atoms with E-state index in [4.69, 9.17) is 0 Å². The number of hydrogen-bond donors (Lipinski definition) is 1. The first-order valence-corrected chi connectivity index (χ1v) is 9.97. The second kappa shape index (κ2) is 8.16. The molecule has 1 aliphatic heterocycles. The van der Waals surface area contributed by atoms with Crippen LogP contribution in [0.1, 0.15) is 44.4 Å². The van der Waals surface area contributed by atoms with Crippen molar-refractivity contribution in [3.63, 3.8) is 0 Å². The van der Waals surface area contributed by atoms with Crippen molar-refractivity contribution < 1.29 is 9.18 Å². The van der Waals surface area contributed by atoms with Crippen molar-refractivity contribution in [3.8, 4) is 6.07 Å². The summed E-state index contributed by atoms with van der Waals surface area (Å²) >= 11 is 0. The fraction of sp³-hybridized carbons (Fsp3) is 0.280. The highest BCUT2D eigenvalue weighted by molar-refractivity contribution is 6.10. The van der Waals surface area contributed by atoms with E-state index in [1.807, 2.05) is 39.0 Å². The van der Waals surface area contributed by atoms with Crippen molar-refractivity contribution in [1.82, 2.24) is 0 Å². The molecule has 0 saturated carbocycles. The number of carbonyl (C=O) groups excluding carboxylic acids is 1. The lowest BCUT2D eigenvalue weighted by Crippen LogP contribution is -2.45. The average molecular weight is 404 g/mol. The molecular weight excluding hydrogens is 377 g/mol. The standard InChI is InChI=1S/C25H26FN3O/c1-6-29-23-13-21(26)18(12-20(23)17(3)14-25(29,4)5)11-19(15-27)24(30)28-22-10-8-7-9-16(22)2/h7-14H,6H2,1-5H3,(H,28,30)/b19-11+. The van der Waals surface area contributed by atoms with E-state index in [9.17, 15) is 14.4 Å². The van der Waals surface area contributed by atoms with Gasteiger partial charge in [-0.1, -0.05) is 24.3 Å². The van der Waals surface area contributed by atoms with Crippen LogP contribution in [0.15, 0.2) is 48.0 Å². The molecule has 2 aromatic carbocycles. The van der Waals surface area contributed by atoms with Gasteiger partial charge in [0.05, 0.1) is 5.54 Å². The number of benzene rings is 2. The second-order valence-corrected chi connectivity index (χ2v) is 8.06. The number of nitrogens with zero attached hydrogens (tertiary/aromatic N) is 2. The number of fused-ring (bicyclic) bond motifs is 1. The normalized spacial score (nSPS) is 15.2. The highest BCUT2D eigenvalue weighted by Gasteiger charge is 2.31. The number of anilines is 2. The van der Waals surface area contributed by atoms with Gasteiger partial charge in [0, 0.05) is 29.0 Å². The lowest BCUT2D eigenvalue weighted by atomic mass is 9.87. The Balaban J connectivity index is 2.01. The predicted molar refractivity (Wildman–Crippen MR) is 121 cm³/mol. The van der Waals surface area contributed by atoms with Gasteiger partial charge in [-0.3, -0.25) is 4.79 Å². The van der Waals surface area contributed by atoms with Crippen molar-refractivity contribution in [3.05, 3.63) is 70.6 Å². The van der Waals surface area contributed by atoms with E-state index in [0.29, 0.717) is 5.69 Å². The number of likely N-dealkylation sites (N-methyl/N-ethyl adjacent to an activating group) is 1. The SMILES string of the molecule is CCN1c2cc(F)c(/C=C(\C#N)C(=O)Nc3ccccc3C)cc2C(C)=CC1(C)C. The third-order valence-corrected chi connectivity index (χ3v) is 5.47. The topological polar surface area (TPSA) is 56.1 Å². The number of aryl methyl sites for hydroxylation is 1. The lowest BCUT2D eigenvalue weighted by Gasteiger charge is -2.42. The zero-order valence-corrected chi connectivity index (χ0v) is 18.0. The number of rotatable bonds is 4. The Morgan fingerprint density at radius 3 is 2.60 bits per heavy atom. The summed E-state index contributed by atoms with van der Waals surface area (Å²) in [5.74, 6) is -1.03. The number of allylic oxidation sites excluding steroid dienone is 1. The number of nitrogens with one attached hydrogen (secondary N) is 1. The molecule has 3 rings (SSSR count). The summed E-state index contributed by atoms with van der Waals surface area (Å²) in [4.78, 5) is 14.7. The largest absolute Gasteiger partial charge is 0.363 e. The Hall–Kier alpha value is -3.39. The Kier molecular flexibility index (Phi) is 5.80. The van der Waals surface area contributed by atoms with Gasteiger partial charge in [0.25, 0.3) is 5.91 Å². The van der Waals surface area contributed by atoms with Gasteiger partial charge in [-0.25, -0.2) is 4.39 Å². The van der Waals surface area contributed by atoms with E-state index < -0.39 is 11.7 Å². The molecule has 0 saturated heterocycles. The van der Waals surface area contributed by atoms with Gasteiger partial charge < -0.3 is 10.2 Å². The molecule has 0 aliphatic carbocycles. The summed E-state index contributed by atoms with van der Waals surface area (Å²) in [5, 5.41) is 12.2. The Bertz CT molecular complexity index is 1110. The molecule has 2 aromatic rings. The van der Waals surface area contributed by atoms with E-state index >= 15 is 0 Å². The number of para-hydroxylation sites is 1. The molecule has 0 aromatic heterocycles. The van der Waals surface area contributed by atoms with Crippen LogP contribution in [0.5, 0.6) is 0 Å². The van der Waals surface area contributed by atoms with Crippen LogP contribution in [0.25, 0.3) is 11.6 Å². The van der Waals surface area contributed by atoms with Crippen LogP contribution in [0.4, 0.5) is 15.8 Å². The summed E-state index contributed by atoms with van der Waals surface area (Å²) in [7, 11) is 0. The molecular formula is C25H26FN3O. The van der Waals surface area contributed by atoms with Crippen LogP contribution in [0.2, 0.25) is 0 Å². The van der Waals surface area contributed by atoms with Crippen molar-refractivity contribution in [1.29, 1.82) is 5.26 Å². The van der Waals surface area contributed by atoms with Crippen molar-refractivity contribution in [2.75, 3.05) is 16.8 Å². The molecule has 30 heavy (non-hydrogen) atoms. The molecule has 0 bridgehead atoms. The van der Waals surface area contributed by atoms with Gasteiger partial charge in [0.15, 0.2) is 0 Å². The molecule has 1 aliphatic rings. The highest BCUT2D eigenvalue weighted by atomic mass is 19.1. The van der Waals surface area contributed by atoms with Crippen LogP contribution in [-0.2, 0) is 4.79 Å². The maximum atomic E-state index is 15.0. The zero-order valence-electron chi connectivity index (χ0n) is 18.0. The fourth-order valence-electron chi connectivity index (χ4n) is 4.01. The van der Waals surface area contributed by atoms with Gasteiger partial charge in [0.2, 0.25) is 0 Å². The van der Waals surface area contributed by atoms with Crippen LogP contribution < -0.4 is 10.2 Å². The predicted octanol–water partition coefficient (Wildman–Crippen LogP) is 5.70. The quantitative estimate of drug-likeness (QED) is 0.526. The lowest BCUT2D eigenvalue weighted by molar-refractivity contribution is -0.112. The van der Waals surface area contributed by atoms with Crippen LogP contribution in [0.3, 0.4) is 0 Å². The van der Waals surface area contributed by atoms with Gasteiger partial charge in [-0.05, 0) is 70.0 Å². The Morgan fingerprint density at radius 2 is 1.97 bits per heavy atom. The molecule has 1 N–H and O–H groups in total. The molecule has 0 radical (unpaired) electrons. The zero-order chi connectivity index (χ0) is 22.1. The van der Waals surface area contributed by atoms with E-state index in [-0.39, 0.29) is 16.7 Å². The first-order valence-electron chi connectivity index (χ1n) is 9.97. The molecule has 5 heteroatoms. The van der Waals surface area contributed by atoms with E-state index in [1.54, 1.807) is 18.2 Å². The second-order valence-electron chi connectivity index (χ2n) is 8.06. The van der Waals surface area contributed by atoms with Gasteiger partial charge in [-0.2, -0.15) is 5.26 Å². The van der Waals surface area contributed by atoms with E-state index in [1.165, 1.54) is 12.1 Å². The van der Waals surface area contributed by atoms with Crippen LogP contribution in [-0.4, -0.2) is 18.0 Å². The molecule has 0 spiro atoms. The Morgan fingerprint density at radius 1 is 1.27 bits per heavy atom. The summed E-state index contributed by atoms with van der Waals surface area (Å²) < 4.78 is 15.0. The summed E-state index contributed by atoms with van der Waals surface area (Å²) in [6.45, 7) is 10.8. The van der Waals surface area contributed by atoms with Crippen LogP contribution >= 0.6 is 0 Å². The molecule has 1 amide bonds. The third kappa shape index (κ3) is 3.99. The molecule has 154 valence electrons. The van der Waals surface area contributed by atoms with Crippen molar-refractivity contribution >= 4 is 28.9 Å². The van der Waals surface area contributed by atoms with Crippen molar-refractivity contribution in [2.24, 2.45) is 0 Å². The molecule has 1 heterocycles. The maximum absolute atomic E-state index is 15.0. The fourth-order valence-corrected chi connectivity index (χ4v) is 4.01. The summed E-state index contributed by atoms with van der Waals surface area (Å²) in [6, 6.07) is 12.4. The minimum atomic E-state index is -0.562. The number of amides is 1.